The summed E-state index contributed by atoms with van der Waals surface area (Å²) < 4.78 is 0. The summed E-state index contributed by atoms with van der Waals surface area (Å²) in [5.74, 6) is 1.00. The number of amides is 1. The first-order valence-corrected chi connectivity index (χ1v) is 10.2. The number of carbonyl (C=O) groups excluding carboxylic acids is 1. The molecular weight excluding hydrogens is 342 g/mol. The molecule has 1 N–H and O–H groups in total. The first-order valence-electron chi connectivity index (χ1n) is 10.2. The molecule has 1 aliphatic carbocycles. The second kappa shape index (κ2) is 8.12. The van der Waals surface area contributed by atoms with Crippen LogP contribution in [0.5, 0.6) is 0 Å². The van der Waals surface area contributed by atoms with Crippen molar-refractivity contribution in [2.45, 2.75) is 31.4 Å². The molecule has 1 amide bonds. The van der Waals surface area contributed by atoms with Gasteiger partial charge in [-0.25, -0.2) is 4.98 Å². The van der Waals surface area contributed by atoms with Crippen LogP contribution in [0.1, 0.15) is 29.6 Å². The Bertz CT molecular complexity index is 654. The predicted molar refractivity (Wildman–Crippen MR) is 105 cm³/mol. The first kappa shape index (κ1) is 18.7. The highest BCUT2D eigenvalue weighted by molar-refractivity contribution is 5.95. The fourth-order valence-electron chi connectivity index (χ4n) is 4.55. The van der Waals surface area contributed by atoms with Gasteiger partial charge in [0.1, 0.15) is 5.82 Å². The van der Waals surface area contributed by atoms with Crippen LogP contribution < -0.4 is 4.90 Å². The molecule has 3 heterocycles. The summed E-state index contributed by atoms with van der Waals surface area (Å²) in [5, 5.41) is 10.1. The molecular formula is C20H31N5O2. The second-order valence-corrected chi connectivity index (χ2v) is 8.09. The summed E-state index contributed by atoms with van der Waals surface area (Å²) in [6.07, 6.45) is 4.66. The Balaban J connectivity index is 1.36. The topological polar surface area (TPSA) is 63.2 Å². The molecule has 2 atom stereocenters. The number of aromatic nitrogens is 1. The van der Waals surface area contributed by atoms with Gasteiger partial charge < -0.3 is 19.8 Å². The van der Waals surface area contributed by atoms with Crippen LogP contribution in [0, 0.1) is 0 Å². The van der Waals surface area contributed by atoms with Crippen LogP contribution in [-0.2, 0) is 0 Å². The number of aliphatic hydroxyl groups excluding tert-OH is 1. The zero-order valence-electron chi connectivity index (χ0n) is 16.3. The van der Waals surface area contributed by atoms with Gasteiger partial charge in [-0.05, 0) is 38.4 Å². The number of anilines is 1. The molecule has 4 rings (SSSR count). The number of carbonyl (C=O) groups is 1. The SMILES string of the molecule is CN1CCN(c2cc(C(=O)N3CCN(C4CCCC4O)CC3)ccn2)CC1. The van der Waals surface area contributed by atoms with Crippen molar-refractivity contribution < 1.29 is 9.90 Å². The lowest BCUT2D eigenvalue weighted by atomic mass is 10.1. The maximum atomic E-state index is 13.0. The van der Waals surface area contributed by atoms with Crippen molar-refractivity contribution in [3.05, 3.63) is 23.9 Å². The van der Waals surface area contributed by atoms with Crippen LogP contribution in [0.2, 0.25) is 0 Å². The van der Waals surface area contributed by atoms with Crippen molar-refractivity contribution in [3.8, 4) is 0 Å². The number of hydrogen-bond acceptors (Lipinski definition) is 6. The van der Waals surface area contributed by atoms with Crippen molar-refractivity contribution in [1.29, 1.82) is 0 Å². The Morgan fingerprint density at radius 2 is 1.81 bits per heavy atom. The molecule has 0 bridgehead atoms. The molecule has 1 saturated carbocycles. The lowest BCUT2D eigenvalue weighted by Gasteiger charge is -2.39. The molecule has 1 aromatic heterocycles. The first-order chi connectivity index (χ1) is 13.1. The van der Waals surface area contributed by atoms with Gasteiger partial charge in [0.2, 0.25) is 0 Å². The minimum absolute atomic E-state index is 0.0967. The molecule has 2 saturated heterocycles. The number of rotatable bonds is 3. The molecule has 27 heavy (non-hydrogen) atoms. The van der Waals surface area contributed by atoms with E-state index in [4.69, 9.17) is 0 Å². The third-order valence-corrected chi connectivity index (χ3v) is 6.33. The summed E-state index contributed by atoms with van der Waals surface area (Å²) in [7, 11) is 2.13. The van der Waals surface area contributed by atoms with Gasteiger partial charge in [-0.3, -0.25) is 9.69 Å². The molecule has 1 aromatic rings. The number of likely N-dealkylation sites (N-methyl/N-ethyl adjacent to an activating group) is 1. The molecule has 148 valence electrons. The van der Waals surface area contributed by atoms with Gasteiger partial charge in [0.15, 0.2) is 0 Å². The third-order valence-electron chi connectivity index (χ3n) is 6.33. The summed E-state index contributed by atoms with van der Waals surface area (Å²) in [6.45, 7) is 7.10. The van der Waals surface area contributed by atoms with Gasteiger partial charge in [0, 0.05) is 70.2 Å². The van der Waals surface area contributed by atoms with Crippen molar-refractivity contribution in [3.63, 3.8) is 0 Å². The normalized spacial score (nSPS) is 27.9. The average molecular weight is 374 g/mol. The molecule has 2 unspecified atom stereocenters. The zero-order valence-corrected chi connectivity index (χ0v) is 16.3. The van der Waals surface area contributed by atoms with Crippen LogP contribution in [-0.4, -0.2) is 102 Å². The molecule has 3 fully saturated rings. The molecule has 0 radical (unpaired) electrons. The lowest BCUT2D eigenvalue weighted by Crippen LogP contribution is -2.53. The van der Waals surface area contributed by atoms with Crippen molar-refractivity contribution in [2.24, 2.45) is 0 Å². The zero-order chi connectivity index (χ0) is 18.8. The number of aliphatic hydroxyl groups is 1. The minimum Gasteiger partial charge on any atom is -0.391 e. The summed E-state index contributed by atoms with van der Waals surface area (Å²) >= 11 is 0. The van der Waals surface area contributed by atoms with E-state index in [-0.39, 0.29) is 18.1 Å². The highest BCUT2D eigenvalue weighted by atomic mass is 16.3. The van der Waals surface area contributed by atoms with E-state index >= 15 is 0 Å². The van der Waals surface area contributed by atoms with Crippen molar-refractivity contribution in [2.75, 3.05) is 64.3 Å². The van der Waals surface area contributed by atoms with Gasteiger partial charge in [0.05, 0.1) is 6.10 Å². The van der Waals surface area contributed by atoms with Gasteiger partial charge in [0.25, 0.3) is 5.91 Å². The van der Waals surface area contributed by atoms with E-state index in [1.807, 2.05) is 17.0 Å². The Morgan fingerprint density at radius 3 is 2.48 bits per heavy atom. The van der Waals surface area contributed by atoms with Gasteiger partial charge in [-0.15, -0.1) is 0 Å². The highest BCUT2D eigenvalue weighted by Crippen LogP contribution is 2.25. The standard InChI is InChI=1S/C20H31N5O2/c1-22-7-9-24(10-8-22)19-15-16(5-6-21-19)20(27)25-13-11-23(12-14-25)17-3-2-4-18(17)26/h5-6,15,17-18,26H,2-4,7-14H2,1H3. The van der Waals surface area contributed by atoms with Crippen LogP contribution >= 0.6 is 0 Å². The smallest absolute Gasteiger partial charge is 0.254 e. The largest absolute Gasteiger partial charge is 0.391 e. The molecule has 0 aromatic carbocycles. The van der Waals surface area contributed by atoms with E-state index in [0.29, 0.717) is 0 Å². The van der Waals surface area contributed by atoms with E-state index in [9.17, 15) is 9.90 Å². The number of hydrogen-bond donors (Lipinski definition) is 1. The third kappa shape index (κ3) is 4.10. The predicted octanol–water partition coefficient (Wildman–Crippen LogP) is 0.505. The molecule has 3 aliphatic rings. The van der Waals surface area contributed by atoms with Crippen LogP contribution in [0.4, 0.5) is 5.82 Å². The monoisotopic (exact) mass is 373 g/mol. The quantitative estimate of drug-likeness (QED) is 0.833. The highest BCUT2D eigenvalue weighted by Gasteiger charge is 2.33. The number of nitrogens with zero attached hydrogens (tertiary/aromatic N) is 5. The molecule has 7 heteroatoms. The Labute approximate surface area is 161 Å². The van der Waals surface area contributed by atoms with E-state index in [0.717, 1.165) is 83.0 Å². The van der Waals surface area contributed by atoms with Crippen molar-refractivity contribution >= 4 is 11.7 Å². The number of piperazine rings is 2. The Kier molecular flexibility index (Phi) is 5.61. The fourth-order valence-corrected chi connectivity index (χ4v) is 4.55. The van der Waals surface area contributed by atoms with Gasteiger partial charge in [-0.2, -0.15) is 0 Å². The maximum absolute atomic E-state index is 13.0. The fraction of sp³-hybridized carbons (Fsp3) is 0.700. The van der Waals surface area contributed by atoms with Crippen LogP contribution in [0.3, 0.4) is 0 Å². The summed E-state index contributed by atoms with van der Waals surface area (Å²) in [6, 6.07) is 4.06. The summed E-state index contributed by atoms with van der Waals surface area (Å²) in [4.78, 5) is 26.4. The molecule has 7 nitrogen and oxygen atoms in total. The Morgan fingerprint density at radius 1 is 1.07 bits per heavy atom. The van der Waals surface area contributed by atoms with E-state index in [1.54, 1.807) is 6.20 Å². The molecule has 0 spiro atoms. The molecule has 2 aliphatic heterocycles. The van der Waals surface area contributed by atoms with E-state index < -0.39 is 0 Å². The van der Waals surface area contributed by atoms with Crippen molar-refractivity contribution in [1.82, 2.24) is 19.7 Å². The van der Waals surface area contributed by atoms with Gasteiger partial charge >= 0.3 is 0 Å². The maximum Gasteiger partial charge on any atom is 0.254 e. The Hall–Kier alpha value is -1.70. The lowest BCUT2D eigenvalue weighted by molar-refractivity contribution is 0.0315. The van der Waals surface area contributed by atoms with Crippen LogP contribution in [0.25, 0.3) is 0 Å². The average Bonchev–Trinajstić information content (AvgIpc) is 3.14. The minimum atomic E-state index is -0.196. The van der Waals surface area contributed by atoms with E-state index in [2.05, 4.69) is 26.7 Å². The number of pyridine rings is 1. The van der Waals surface area contributed by atoms with Gasteiger partial charge in [-0.1, -0.05) is 0 Å². The van der Waals surface area contributed by atoms with Crippen LogP contribution in [0.15, 0.2) is 18.3 Å². The second-order valence-electron chi connectivity index (χ2n) is 8.09. The summed E-state index contributed by atoms with van der Waals surface area (Å²) in [5.41, 5.74) is 0.730. The van der Waals surface area contributed by atoms with E-state index in [1.165, 1.54) is 0 Å².